The topological polar surface area (TPSA) is 191 Å². The SMILES string of the molecule is CC(C)(Oc1cccc(CCCn2ccc3cc(OS(C)(=O)=O)ccc32)c1)C(=O)OC(=O)[C@@H](N)CCCN=C(N)N. The number of aromatic nitrogens is 1. The molecule has 0 unspecified atom stereocenters. The van der Waals surface area contributed by atoms with Crippen molar-refractivity contribution in [2.45, 2.75) is 57.7 Å². The quantitative estimate of drug-likeness (QED) is 0.0629. The Morgan fingerprint density at radius 2 is 1.80 bits per heavy atom. The first-order valence-corrected chi connectivity index (χ1v) is 14.9. The molecular formula is C28H37N5O7S. The van der Waals surface area contributed by atoms with Crippen molar-refractivity contribution in [2.24, 2.45) is 22.2 Å². The van der Waals surface area contributed by atoms with Gasteiger partial charge in [0, 0.05) is 30.2 Å². The molecule has 3 aromatic rings. The third-order valence-electron chi connectivity index (χ3n) is 6.08. The van der Waals surface area contributed by atoms with Crippen LogP contribution in [0.2, 0.25) is 0 Å². The van der Waals surface area contributed by atoms with Gasteiger partial charge in [0.15, 0.2) is 5.96 Å². The predicted molar refractivity (Wildman–Crippen MR) is 156 cm³/mol. The largest absolute Gasteiger partial charge is 0.476 e. The molecule has 0 fully saturated rings. The summed E-state index contributed by atoms with van der Waals surface area (Å²) in [7, 11) is -3.59. The number of carbonyl (C=O) groups excluding carboxylic acids is 2. The third kappa shape index (κ3) is 9.80. The summed E-state index contributed by atoms with van der Waals surface area (Å²) in [6.45, 7) is 4.08. The van der Waals surface area contributed by atoms with Crippen LogP contribution >= 0.6 is 0 Å². The number of ether oxygens (including phenoxy) is 2. The monoisotopic (exact) mass is 587 g/mol. The number of benzene rings is 2. The average molecular weight is 588 g/mol. The maximum atomic E-state index is 12.7. The Hall–Kier alpha value is -4.10. The summed E-state index contributed by atoms with van der Waals surface area (Å²) in [5.74, 6) is -1.01. The fourth-order valence-electron chi connectivity index (χ4n) is 4.08. The van der Waals surface area contributed by atoms with Crippen LogP contribution < -0.4 is 26.1 Å². The van der Waals surface area contributed by atoms with Gasteiger partial charge >= 0.3 is 22.1 Å². The smallest absolute Gasteiger partial charge is 0.357 e. The molecule has 0 radical (unpaired) electrons. The number of nitrogens with two attached hydrogens (primary N) is 3. The van der Waals surface area contributed by atoms with E-state index >= 15 is 0 Å². The molecular weight excluding hydrogens is 550 g/mol. The first kappa shape index (κ1) is 31.4. The van der Waals surface area contributed by atoms with E-state index in [0.29, 0.717) is 18.7 Å². The summed E-state index contributed by atoms with van der Waals surface area (Å²) >= 11 is 0. The first-order valence-electron chi connectivity index (χ1n) is 13.1. The van der Waals surface area contributed by atoms with Crippen molar-refractivity contribution in [3.05, 3.63) is 60.3 Å². The molecule has 0 saturated carbocycles. The molecule has 41 heavy (non-hydrogen) atoms. The number of esters is 2. The van der Waals surface area contributed by atoms with Crippen molar-refractivity contribution in [3.8, 4) is 11.5 Å². The van der Waals surface area contributed by atoms with E-state index in [9.17, 15) is 18.0 Å². The van der Waals surface area contributed by atoms with Crippen molar-refractivity contribution in [1.29, 1.82) is 0 Å². The fourth-order valence-corrected chi connectivity index (χ4v) is 4.53. The molecule has 222 valence electrons. The van der Waals surface area contributed by atoms with Gasteiger partial charge in [0.2, 0.25) is 5.60 Å². The lowest BCUT2D eigenvalue weighted by molar-refractivity contribution is -0.170. The van der Waals surface area contributed by atoms with Crippen molar-refractivity contribution in [2.75, 3.05) is 12.8 Å². The van der Waals surface area contributed by atoms with E-state index in [-0.39, 0.29) is 18.1 Å². The Balaban J connectivity index is 1.52. The Kier molecular flexibility index (Phi) is 10.4. The molecule has 0 amide bonds. The summed E-state index contributed by atoms with van der Waals surface area (Å²) in [6.07, 6.45) is 5.22. The van der Waals surface area contributed by atoms with E-state index in [1.54, 1.807) is 18.2 Å². The molecule has 0 saturated heterocycles. The third-order valence-corrected chi connectivity index (χ3v) is 6.58. The Morgan fingerprint density at radius 3 is 2.51 bits per heavy atom. The highest BCUT2D eigenvalue weighted by Gasteiger charge is 2.35. The molecule has 0 aliphatic heterocycles. The van der Waals surface area contributed by atoms with Crippen LogP contribution in [0.15, 0.2) is 59.7 Å². The fraction of sp³-hybridized carbons (Fsp3) is 0.393. The van der Waals surface area contributed by atoms with Crippen LogP contribution in [-0.4, -0.2) is 55.3 Å². The summed E-state index contributed by atoms with van der Waals surface area (Å²) in [5, 5.41) is 0.876. The summed E-state index contributed by atoms with van der Waals surface area (Å²) in [6, 6.07) is 13.4. The van der Waals surface area contributed by atoms with E-state index in [4.69, 9.17) is 30.9 Å². The zero-order chi connectivity index (χ0) is 30.2. The van der Waals surface area contributed by atoms with Crippen LogP contribution in [0, 0.1) is 0 Å². The van der Waals surface area contributed by atoms with Gasteiger partial charge in [-0.05, 0) is 81.5 Å². The number of aryl methyl sites for hydroxylation is 2. The van der Waals surface area contributed by atoms with Crippen molar-refractivity contribution in [3.63, 3.8) is 0 Å². The highest BCUT2D eigenvalue weighted by atomic mass is 32.2. The second kappa shape index (κ2) is 13.5. The van der Waals surface area contributed by atoms with Crippen LogP contribution in [0.1, 0.15) is 38.7 Å². The number of hydrogen-bond acceptors (Lipinski definition) is 9. The number of hydrogen-bond donors (Lipinski definition) is 3. The van der Waals surface area contributed by atoms with E-state index in [2.05, 4.69) is 9.56 Å². The molecule has 0 bridgehead atoms. The van der Waals surface area contributed by atoms with Crippen LogP contribution in [-0.2, 0) is 37.4 Å². The predicted octanol–water partition coefficient (Wildman–Crippen LogP) is 2.22. The molecule has 1 aromatic heterocycles. The second-order valence-electron chi connectivity index (χ2n) is 10.1. The summed E-state index contributed by atoms with van der Waals surface area (Å²) in [4.78, 5) is 28.8. The second-order valence-corrected chi connectivity index (χ2v) is 11.7. The van der Waals surface area contributed by atoms with Gasteiger partial charge in [-0.1, -0.05) is 12.1 Å². The lowest BCUT2D eigenvalue weighted by atomic mass is 10.1. The molecule has 13 heteroatoms. The average Bonchev–Trinajstić information content (AvgIpc) is 3.27. The van der Waals surface area contributed by atoms with Gasteiger partial charge in [-0.25, -0.2) is 9.59 Å². The highest BCUT2D eigenvalue weighted by Crippen LogP contribution is 2.25. The molecule has 2 aromatic carbocycles. The molecule has 0 aliphatic rings. The summed E-state index contributed by atoms with van der Waals surface area (Å²) < 4.78 is 40.7. The van der Waals surface area contributed by atoms with Gasteiger partial charge in [-0.3, -0.25) is 4.99 Å². The molecule has 3 rings (SSSR count). The highest BCUT2D eigenvalue weighted by molar-refractivity contribution is 7.86. The minimum absolute atomic E-state index is 0.0480. The number of guanidine groups is 1. The van der Waals surface area contributed by atoms with Crippen LogP contribution in [0.4, 0.5) is 0 Å². The van der Waals surface area contributed by atoms with E-state index in [1.807, 2.05) is 36.5 Å². The number of fused-ring (bicyclic) bond motifs is 1. The molecule has 0 aliphatic carbocycles. The molecule has 1 heterocycles. The Bertz CT molecular complexity index is 1510. The first-order chi connectivity index (χ1) is 19.2. The minimum atomic E-state index is -3.59. The van der Waals surface area contributed by atoms with Gasteiger partial charge in [0.25, 0.3) is 0 Å². The van der Waals surface area contributed by atoms with Crippen molar-refractivity contribution in [1.82, 2.24) is 4.57 Å². The molecule has 1 atom stereocenters. The number of rotatable bonds is 14. The molecule has 12 nitrogen and oxygen atoms in total. The van der Waals surface area contributed by atoms with Crippen LogP contribution in [0.5, 0.6) is 11.5 Å². The number of carbonyl (C=O) groups is 2. The zero-order valence-corrected chi connectivity index (χ0v) is 24.2. The molecule has 6 N–H and O–H groups in total. The van der Waals surface area contributed by atoms with E-state index in [1.165, 1.54) is 13.8 Å². The van der Waals surface area contributed by atoms with Gasteiger partial charge in [-0.2, -0.15) is 8.42 Å². The van der Waals surface area contributed by atoms with Crippen molar-refractivity contribution >= 4 is 38.9 Å². The minimum Gasteiger partial charge on any atom is -0.476 e. The standard InChI is InChI=1S/C28H37N5O7S/c1-28(2,26(35)38-25(34)23(29)10-5-14-32-27(30)31)39-21-9-4-7-19(17-21)8-6-15-33-16-13-20-18-22(11-12-24(20)33)40-41(3,36)37/h4,7,9,11-13,16-18,23H,5-6,8,10,14-15,29H2,1-3H3,(H4,30,31,32)/t23-/m0/s1. The van der Waals surface area contributed by atoms with E-state index < -0.39 is 33.7 Å². The Morgan fingerprint density at radius 1 is 1.05 bits per heavy atom. The number of aliphatic imine (C=N–C) groups is 1. The summed E-state index contributed by atoms with van der Waals surface area (Å²) in [5.41, 5.74) is 16.9. The van der Waals surface area contributed by atoms with Gasteiger partial charge in [0.05, 0.1) is 6.26 Å². The zero-order valence-electron chi connectivity index (χ0n) is 23.4. The van der Waals surface area contributed by atoms with Gasteiger partial charge in [0.1, 0.15) is 17.5 Å². The van der Waals surface area contributed by atoms with Gasteiger partial charge < -0.3 is 35.4 Å². The Labute approximate surface area is 239 Å². The molecule has 0 spiro atoms. The lowest BCUT2D eigenvalue weighted by Gasteiger charge is -2.24. The normalized spacial score (nSPS) is 12.5. The van der Waals surface area contributed by atoms with Crippen molar-refractivity contribution < 1.29 is 31.7 Å². The maximum absolute atomic E-state index is 12.7. The van der Waals surface area contributed by atoms with Gasteiger partial charge in [-0.15, -0.1) is 0 Å². The van der Waals surface area contributed by atoms with Crippen LogP contribution in [0.25, 0.3) is 10.9 Å². The van der Waals surface area contributed by atoms with Crippen LogP contribution in [0.3, 0.4) is 0 Å². The lowest BCUT2D eigenvalue weighted by Crippen LogP contribution is -2.44. The maximum Gasteiger partial charge on any atom is 0.357 e. The number of nitrogens with zero attached hydrogens (tertiary/aromatic N) is 2. The van der Waals surface area contributed by atoms with E-state index in [0.717, 1.165) is 42.1 Å².